The first-order chi connectivity index (χ1) is 3.81. The van der Waals surface area contributed by atoms with Crippen molar-refractivity contribution in [3.05, 3.63) is 0 Å². The van der Waals surface area contributed by atoms with Crippen molar-refractivity contribution in [1.82, 2.24) is 0 Å². The van der Waals surface area contributed by atoms with Crippen LogP contribution in [0.25, 0.3) is 0 Å². The molecule has 0 saturated carbocycles. The Bertz CT molecular complexity index is 48.2. The third-order valence-electron chi connectivity index (χ3n) is 1.04. The number of alkyl halides is 2. The number of nitrogens with one attached hydrogen (secondary N) is 1. The van der Waals surface area contributed by atoms with Gasteiger partial charge in [-0.3, -0.25) is 0 Å². The highest BCUT2D eigenvalue weighted by atomic mass is 79.9. The second kappa shape index (κ2) is 9.21. The second-order valence-electron chi connectivity index (χ2n) is 1.84. The quantitative estimate of drug-likeness (QED) is 0.529. The topological polar surface area (TPSA) is 4.44 Å². The summed E-state index contributed by atoms with van der Waals surface area (Å²) in [6, 6.07) is 0. The van der Waals surface area contributed by atoms with Gasteiger partial charge in [-0.2, -0.15) is 0 Å². The number of quaternary nitrogens is 1. The van der Waals surface area contributed by atoms with Gasteiger partial charge in [0.05, 0.1) is 31.3 Å². The fourth-order valence-electron chi connectivity index (χ4n) is 0.448. The second-order valence-corrected chi connectivity index (χ2v) is 3.01. The van der Waals surface area contributed by atoms with Gasteiger partial charge in [-0.15, -0.1) is 11.6 Å². The smallest absolute Gasteiger partial charge is 0.0906 e. The zero-order valence-corrected chi connectivity index (χ0v) is 9.39. The fourth-order valence-corrected chi connectivity index (χ4v) is 1.45. The van der Waals surface area contributed by atoms with Crippen molar-refractivity contribution in [1.29, 1.82) is 0 Å². The Morgan fingerprint density at radius 1 is 1.44 bits per heavy atom. The van der Waals surface area contributed by atoms with Crippen LogP contribution in [0.15, 0.2) is 0 Å². The van der Waals surface area contributed by atoms with Gasteiger partial charge in [0.15, 0.2) is 0 Å². The maximum Gasteiger partial charge on any atom is 0.0906 e. The van der Waals surface area contributed by atoms with E-state index in [9.17, 15) is 0 Å². The molecule has 0 spiro atoms. The first-order valence-electron chi connectivity index (χ1n) is 2.74. The molecule has 9 heavy (non-hydrogen) atoms. The van der Waals surface area contributed by atoms with Crippen molar-refractivity contribution >= 4 is 27.5 Å². The summed E-state index contributed by atoms with van der Waals surface area (Å²) in [4.78, 5) is 1.48. The van der Waals surface area contributed by atoms with Gasteiger partial charge in [0.2, 0.25) is 0 Å². The van der Waals surface area contributed by atoms with Crippen LogP contribution < -0.4 is 21.9 Å². The first-order valence-corrected chi connectivity index (χ1v) is 4.40. The molecule has 0 amide bonds. The Hall–Kier alpha value is 1.21. The summed E-state index contributed by atoms with van der Waals surface area (Å²) < 4.78 is 0. The average molecular weight is 281 g/mol. The summed E-state index contributed by atoms with van der Waals surface area (Å²) in [6.45, 7) is 2.22. The van der Waals surface area contributed by atoms with Crippen LogP contribution in [0.1, 0.15) is 0 Å². The summed E-state index contributed by atoms with van der Waals surface area (Å²) in [7, 11) is 2.14. The van der Waals surface area contributed by atoms with E-state index in [2.05, 4.69) is 23.0 Å². The third-order valence-corrected chi connectivity index (χ3v) is 1.63. The maximum atomic E-state index is 5.50. The summed E-state index contributed by atoms with van der Waals surface area (Å²) in [5, 5.41) is 1.07. The molecule has 0 aromatic heterocycles. The zero-order valence-electron chi connectivity index (χ0n) is 5.46. The molecule has 0 aromatic carbocycles. The van der Waals surface area contributed by atoms with Crippen LogP contribution >= 0.6 is 27.5 Å². The molecule has 1 N–H and O–H groups in total. The molecule has 0 fully saturated rings. The van der Waals surface area contributed by atoms with E-state index in [1.165, 1.54) is 4.90 Å². The number of rotatable bonds is 4. The van der Waals surface area contributed by atoms with Gasteiger partial charge in [0, 0.05) is 0 Å². The van der Waals surface area contributed by atoms with Crippen molar-refractivity contribution in [3.8, 4) is 0 Å². The average Bonchev–Trinajstić information content (AvgIpc) is 1.68. The Balaban J connectivity index is 0. The monoisotopic (exact) mass is 279 g/mol. The Morgan fingerprint density at radius 3 is 2.33 bits per heavy atom. The van der Waals surface area contributed by atoms with Crippen molar-refractivity contribution in [3.63, 3.8) is 0 Å². The van der Waals surface area contributed by atoms with Crippen LogP contribution in [-0.2, 0) is 0 Å². The molecular formula is C5H12Br2ClN. The third kappa shape index (κ3) is 9.21. The molecule has 0 heterocycles. The van der Waals surface area contributed by atoms with Crippen molar-refractivity contribution in [2.24, 2.45) is 0 Å². The van der Waals surface area contributed by atoms with Gasteiger partial charge in [0.1, 0.15) is 0 Å². The highest BCUT2D eigenvalue weighted by Gasteiger charge is 1.95. The Labute approximate surface area is 80.6 Å². The van der Waals surface area contributed by atoms with Gasteiger partial charge < -0.3 is 21.9 Å². The van der Waals surface area contributed by atoms with Crippen LogP contribution in [0.2, 0.25) is 0 Å². The molecule has 0 rings (SSSR count). The summed E-state index contributed by atoms with van der Waals surface area (Å²) in [5.74, 6) is 0.763. The molecule has 0 radical (unpaired) electrons. The predicted octanol–water partition coefficient (Wildman–Crippen LogP) is -2.86. The van der Waals surface area contributed by atoms with Gasteiger partial charge in [-0.05, 0) is 0 Å². The van der Waals surface area contributed by atoms with E-state index in [-0.39, 0.29) is 17.0 Å². The van der Waals surface area contributed by atoms with Crippen molar-refractivity contribution < 1.29 is 21.9 Å². The lowest BCUT2D eigenvalue weighted by atomic mass is 10.6. The number of halogens is 3. The van der Waals surface area contributed by atoms with Gasteiger partial charge >= 0.3 is 0 Å². The van der Waals surface area contributed by atoms with Gasteiger partial charge in [0.25, 0.3) is 0 Å². The van der Waals surface area contributed by atoms with E-state index in [1.54, 1.807) is 0 Å². The highest BCUT2D eigenvalue weighted by molar-refractivity contribution is 9.09. The van der Waals surface area contributed by atoms with E-state index >= 15 is 0 Å². The first kappa shape index (κ1) is 12.8. The lowest BCUT2D eigenvalue weighted by molar-refractivity contribution is -0.874. The Morgan fingerprint density at radius 2 is 2.00 bits per heavy atom. The molecule has 0 aliphatic heterocycles. The van der Waals surface area contributed by atoms with Crippen molar-refractivity contribution in [2.45, 2.75) is 0 Å². The molecule has 0 bridgehead atoms. The molecular weight excluding hydrogens is 269 g/mol. The summed E-state index contributed by atoms with van der Waals surface area (Å²) in [5.41, 5.74) is 0. The van der Waals surface area contributed by atoms with E-state index in [0.717, 1.165) is 24.3 Å². The molecule has 1 atom stereocenters. The molecule has 0 aromatic rings. The lowest BCUT2D eigenvalue weighted by Crippen LogP contribution is -3.09. The summed E-state index contributed by atoms with van der Waals surface area (Å²) in [6.07, 6.45) is 0. The molecule has 1 nitrogen and oxygen atoms in total. The van der Waals surface area contributed by atoms with Crippen molar-refractivity contribution in [2.75, 3.05) is 31.3 Å². The summed E-state index contributed by atoms with van der Waals surface area (Å²) >= 11 is 8.85. The molecule has 0 saturated heterocycles. The Kier molecular flexibility index (Phi) is 13.1. The van der Waals surface area contributed by atoms with Crippen LogP contribution in [0.3, 0.4) is 0 Å². The SMILES string of the molecule is C[NH+](CCCl)CCBr.[Br-]. The minimum atomic E-state index is 0. The zero-order chi connectivity index (χ0) is 6.41. The minimum Gasteiger partial charge on any atom is -1.00 e. The van der Waals surface area contributed by atoms with E-state index < -0.39 is 0 Å². The van der Waals surface area contributed by atoms with Crippen LogP contribution in [0, 0.1) is 0 Å². The highest BCUT2D eigenvalue weighted by Crippen LogP contribution is 1.70. The minimum absolute atomic E-state index is 0. The normalized spacial score (nSPS) is 12.3. The lowest BCUT2D eigenvalue weighted by Gasteiger charge is -2.08. The van der Waals surface area contributed by atoms with Crippen LogP contribution in [-0.4, -0.2) is 31.3 Å². The standard InChI is InChI=1S/C5H11BrClN.BrH/c1-8(4-2-6)5-3-7;/h2-5H2,1H3;1H. The molecule has 0 aliphatic rings. The van der Waals surface area contributed by atoms with E-state index in [1.807, 2.05) is 0 Å². The largest absolute Gasteiger partial charge is 1.00 e. The molecule has 0 aliphatic carbocycles. The number of hydrogen-bond donors (Lipinski definition) is 1. The van der Waals surface area contributed by atoms with Gasteiger partial charge in [-0.25, -0.2) is 0 Å². The molecule has 4 heteroatoms. The number of hydrogen-bond acceptors (Lipinski definition) is 0. The van der Waals surface area contributed by atoms with Crippen LogP contribution in [0.4, 0.5) is 0 Å². The van der Waals surface area contributed by atoms with E-state index in [4.69, 9.17) is 11.6 Å². The fraction of sp³-hybridized carbons (Fsp3) is 1.00. The maximum absolute atomic E-state index is 5.50. The van der Waals surface area contributed by atoms with E-state index in [0.29, 0.717) is 0 Å². The van der Waals surface area contributed by atoms with Gasteiger partial charge in [-0.1, -0.05) is 15.9 Å². The predicted molar refractivity (Wildman–Crippen MR) is 41.1 cm³/mol. The molecule has 1 unspecified atom stereocenters. The molecule has 58 valence electrons. The van der Waals surface area contributed by atoms with Crippen LogP contribution in [0.5, 0.6) is 0 Å².